The molecular weight excluding hydrogens is 444 g/mol. The molecule has 2 aromatic carbocycles. The maximum atomic E-state index is 12.8. The summed E-state index contributed by atoms with van der Waals surface area (Å²) < 4.78 is 1.71. The molecule has 0 atom stereocenters. The Hall–Kier alpha value is -3.49. The van der Waals surface area contributed by atoms with E-state index in [1.807, 2.05) is 68.4 Å². The smallest absolute Gasteiger partial charge is 0.282 e. The van der Waals surface area contributed by atoms with Crippen LogP contribution in [0, 0.1) is 19.3 Å². The van der Waals surface area contributed by atoms with E-state index < -0.39 is 5.91 Å². The molecule has 0 bridgehead atoms. The molecule has 158 valence electrons. The second kappa shape index (κ2) is 7.89. The zero-order valence-corrected chi connectivity index (χ0v) is 18.8. The number of nitrogens with zero attached hydrogens (tertiary/aromatic N) is 5. The van der Waals surface area contributed by atoms with E-state index in [1.54, 1.807) is 10.8 Å². The summed E-state index contributed by atoms with van der Waals surface area (Å²) in [6.45, 7) is 3.88. The zero-order valence-electron chi connectivity index (χ0n) is 17.2. The number of para-hydroxylation sites is 1. The average Bonchev–Trinajstić information content (AvgIpc) is 3.33. The molecule has 1 aromatic heterocycles. The number of aromatic nitrogens is 2. The number of aryl methyl sites for hydroxylation is 1. The van der Waals surface area contributed by atoms with Crippen molar-refractivity contribution in [1.82, 2.24) is 14.8 Å². The van der Waals surface area contributed by atoms with E-state index in [-0.39, 0.29) is 16.6 Å². The van der Waals surface area contributed by atoms with Gasteiger partial charge in [-0.05, 0) is 43.8 Å². The fourth-order valence-electron chi connectivity index (χ4n) is 3.41. The Balaban J connectivity index is 1.51. The molecule has 1 N–H and O–H groups in total. The van der Waals surface area contributed by atoms with E-state index in [9.17, 15) is 4.79 Å². The van der Waals surface area contributed by atoms with E-state index in [2.05, 4.69) is 15.2 Å². The first-order chi connectivity index (χ1) is 15.4. The molecule has 32 heavy (non-hydrogen) atoms. The van der Waals surface area contributed by atoms with Crippen LogP contribution in [0.2, 0.25) is 5.15 Å². The predicted molar refractivity (Wildman–Crippen MR) is 129 cm³/mol. The van der Waals surface area contributed by atoms with Crippen molar-refractivity contribution in [3.63, 3.8) is 0 Å². The van der Waals surface area contributed by atoms with Crippen molar-refractivity contribution >= 4 is 51.4 Å². The number of rotatable bonds is 3. The summed E-state index contributed by atoms with van der Waals surface area (Å²) in [7, 11) is 0. The van der Waals surface area contributed by atoms with Crippen molar-refractivity contribution in [2.75, 3.05) is 0 Å². The van der Waals surface area contributed by atoms with Gasteiger partial charge >= 0.3 is 0 Å². The van der Waals surface area contributed by atoms with Crippen LogP contribution in [0.4, 0.5) is 0 Å². The Kier molecular flexibility index (Phi) is 5.03. The van der Waals surface area contributed by atoms with Gasteiger partial charge in [-0.1, -0.05) is 59.6 Å². The summed E-state index contributed by atoms with van der Waals surface area (Å²) in [5.74, 6) is -0.547. The fraction of sp³-hybridized carbons (Fsp3) is 0.0870. The van der Waals surface area contributed by atoms with E-state index in [0.717, 1.165) is 22.5 Å². The molecule has 0 spiro atoms. The Labute approximate surface area is 193 Å². The van der Waals surface area contributed by atoms with Crippen molar-refractivity contribution in [2.45, 2.75) is 13.8 Å². The Morgan fingerprint density at radius 1 is 1.06 bits per heavy atom. The molecule has 0 aliphatic carbocycles. The zero-order chi connectivity index (χ0) is 22.4. The van der Waals surface area contributed by atoms with Crippen LogP contribution in [0.25, 0.3) is 11.8 Å². The van der Waals surface area contributed by atoms with Crippen molar-refractivity contribution < 1.29 is 4.79 Å². The highest BCUT2D eigenvalue weighted by atomic mass is 35.5. The van der Waals surface area contributed by atoms with Gasteiger partial charge in [0.1, 0.15) is 5.04 Å². The molecule has 0 saturated carbocycles. The lowest BCUT2D eigenvalue weighted by atomic mass is 10.1. The van der Waals surface area contributed by atoms with Crippen molar-refractivity contribution in [3.8, 4) is 5.69 Å². The highest BCUT2D eigenvalue weighted by Crippen LogP contribution is 2.32. The average molecular weight is 461 g/mol. The highest BCUT2D eigenvalue weighted by Gasteiger charge is 2.36. The van der Waals surface area contributed by atoms with Gasteiger partial charge in [0.25, 0.3) is 5.91 Å². The SMILES string of the molecule is Cc1ccc(C2=NN3C(=N)C(=Cc4c(Cl)nn(-c5ccccc5)c4C)C(=O)N=C3S2)cc1. The molecule has 0 unspecified atom stereocenters. The van der Waals surface area contributed by atoms with Gasteiger partial charge in [-0.15, -0.1) is 0 Å². The Morgan fingerprint density at radius 2 is 1.78 bits per heavy atom. The van der Waals surface area contributed by atoms with E-state index in [4.69, 9.17) is 17.0 Å². The van der Waals surface area contributed by atoms with Crippen molar-refractivity contribution in [1.29, 1.82) is 5.41 Å². The third-order valence-corrected chi connectivity index (χ3v) is 6.40. The third kappa shape index (κ3) is 3.47. The number of fused-ring (bicyclic) bond motifs is 1. The molecular formula is C23H17ClN6OS. The molecule has 0 saturated heterocycles. The fourth-order valence-corrected chi connectivity index (χ4v) is 4.58. The number of carbonyl (C=O) groups excluding carboxylic acids is 1. The maximum Gasteiger partial charge on any atom is 0.283 e. The van der Waals surface area contributed by atoms with Crippen LogP contribution >= 0.6 is 23.4 Å². The van der Waals surface area contributed by atoms with Gasteiger partial charge in [0.05, 0.1) is 11.3 Å². The second-order valence-corrected chi connectivity index (χ2v) is 8.64. The predicted octanol–water partition coefficient (Wildman–Crippen LogP) is 4.81. The van der Waals surface area contributed by atoms with Gasteiger partial charge in [0, 0.05) is 16.8 Å². The minimum Gasteiger partial charge on any atom is -0.282 e. The standard InChI is InChI=1S/C23H17ClN6OS/c1-13-8-10-15(11-9-13)22-28-30-20(25)18(21(31)26-23(30)32-22)12-17-14(2)29(27-19(17)24)16-6-4-3-5-7-16/h3-12,25H,1-2H3. The number of halogens is 1. The topological polar surface area (TPSA) is 86.7 Å². The Bertz CT molecular complexity index is 1360. The number of amidine groups is 2. The quantitative estimate of drug-likeness (QED) is 0.568. The minimum atomic E-state index is -0.503. The van der Waals surface area contributed by atoms with Gasteiger partial charge < -0.3 is 0 Å². The van der Waals surface area contributed by atoms with Gasteiger partial charge in [-0.2, -0.15) is 20.2 Å². The molecule has 3 aromatic rings. The summed E-state index contributed by atoms with van der Waals surface area (Å²) in [5, 5.41) is 20.2. The van der Waals surface area contributed by atoms with E-state index >= 15 is 0 Å². The molecule has 5 rings (SSSR count). The van der Waals surface area contributed by atoms with Gasteiger partial charge in [0.2, 0.25) is 5.17 Å². The summed E-state index contributed by atoms with van der Waals surface area (Å²) >= 11 is 7.67. The van der Waals surface area contributed by atoms with Crippen molar-refractivity contribution in [2.24, 2.45) is 10.1 Å². The van der Waals surface area contributed by atoms with E-state index in [0.29, 0.717) is 15.8 Å². The lowest BCUT2D eigenvalue weighted by Gasteiger charge is -2.20. The van der Waals surface area contributed by atoms with Crippen LogP contribution in [-0.2, 0) is 4.79 Å². The molecule has 2 aliphatic rings. The lowest BCUT2D eigenvalue weighted by Crippen LogP contribution is -2.35. The molecule has 9 heteroatoms. The number of amides is 1. The number of hydrogen-bond acceptors (Lipinski definition) is 5. The monoisotopic (exact) mass is 460 g/mol. The number of carbonyl (C=O) groups is 1. The molecule has 0 radical (unpaired) electrons. The number of thioether (sulfide) groups is 1. The molecule has 7 nitrogen and oxygen atoms in total. The van der Waals surface area contributed by atoms with Crippen LogP contribution < -0.4 is 0 Å². The second-order valence-electron chi connectivity index (χ2n) is 7.33. The normalized spacial score (nSPS) is 17.0. The first-order valence-corrected chi connectivity index (χ1v) is 11.0. The molecule has 3 heterocycles. The number of benzene rings is 2. The lowest BCUT2D eigenvalue weighted by molar-refractivity contribution is -0.114. The largest absolute Gasteiger partial charge is 0.283 e. The molecule has 2 aliphatic heterocycles. The van der Waals surface area contributed by atoms with Gasteiger partial charge in [-0.3, -0.25) is 10.2 Å². The van der Waals surface area contributed by atoms with Gasteiger partial charge in [-0.25, -0.2) is 4.68 Å². The first-order valence-electron chi connectivity index (χ1n) is 9.80. The summed E-state index contributed by atoms with van der Waals surface area (Å²) in [6.07, 6.45) is 1.57. The summed E-state index contributed by atoms with van der Waals surface area (Å²) in [4.78, 5) is 16.9. The number of nitrogens with one attached hydrogen (secondary N) is 1. The number of hydrogen-bond donors (Lipinski definition) is 1. The van der Waals surface area contributed by atoms with Gasteiger partial charge in [0.15, 0.2) is 11.0 Å². The number of aliphatic imine (C=N–C) groups is 1. The summed E-state index contributed by atoms with van der Waals surface area (Å²) in [5.41, 5.74) is 4.34. The van der Waals surface area contributed by atoms with E-state index in [1.165, 1.54) is 16.8 Å². The summed E-state index contributed by atoms with van der Waals surface area (Å²) in [6, 6.07) is 17.5. The van der Waals surface area contributed by atoms with Crippen LogP contribution in [0.5, 0.6) is 0 Å². The van der Waals surface area contributed by atoms with Crippen LogP contribution in [0.1, 0.15) is 22.4 Å². The van der Waals surface area contributed by atoms with Crippen molar-refractivity contribution in [3.05, 3.63) is 87.7 Å². The minimum absolute atomic E-state index is 0.0439. The molecule has 1 amide bonds. The Morgan fingerprint density at radius 3 is 2.50 bits per heavy atom. The van der Waals surface area contributed by atoms with Crippen LogP contribution in [0.15, 0.2) is 70.3 Å². The maximum absolute atomic E-state index is 12.8. The molecule has 0 fully saturated rings. The first kappa shape index (κ1) is 20.4. The van der Waals surface area contributed by atoms with Crippen LogP contribution in [-0.4, -0.2) is 36.7 Å². The third-order valence-electron chi connectivity index (χ3n) is 5.16. The highest BCUT2D eigenvalue weighted by molar-refractivity contribution is 8.27. The number of hydrazone groups is 1. The van der Waals surface area contributed by atoms with Crippen LogP contribution in [0.3, 0.4) is 0 Å².